The number of carbonyl (C=O) groups is 2. The third-order valence-electron chi connectivity index (χ3n) is 4.33. The van der Waals surface area contributed by atoms with Gasteiger partial charge in [-0.15, -0.1) is 0 Å². The minimum absolute atomic E-state index is 0.132. The van der Waals surface area contributed by atoms with E-state index in [2.05, 4.69) is 5.32 Å². The maximum absolute atomic E-state index is 13.7. The number of carboxylic acids is 1. The number of carbonyl (C=O) groups excluding carboxylic acids is 1. The lowest BCUT2D eigenvalue weighted by Gasteiger charge is -2.39. The lowest BCUT2D eigenvalue weighted by atomic mass is 9.74. The maximum atomic E-state index is 13.7. The summed E-state index contributed by atoms with van der Waals surface area (Å²) in [6, 6.07) is 4.24. The Bertz CT molecular complexity index is 573. The quantitative estimate of drug-likeness (QED) is 0.892. The molecule has 4 nitrogen and oxygen atoms in total. The highest BCUT2D eigenvalue weighted by Gasteiger charge is 2.42. The average Bonchev–Trinajstić information content (AvgIpc) is 2.42. The molecule has 1 aliphatic carbocycles. The van der Waals surface area contributed by atoms with Crippen molar-refractivity contribution < 1.29 is 19.1 Å². The predicted octanol–water partition coefficient (Wildman–Crippen LogP) is 3.17. The highest BCUT2D eigenvalue weighted by Crippen LogP contribution is 2.34. The van der Waals surface area contributed by atoms with Crippen molar-refractivity contribution in [2.45, 2.75) is 44.6 Å². The van der Waals surface area contributed by atoms with Crippen LogP contribution in [0.3, 0.4) is 0 Å². The molecule has 2 atom stereocenters. The van der Waals surface area contributed by atoms with E-state index >= 15 is 0 Å². The molecule has 1 aliphatic rings. The molecular formula is C16H19ClFNO3. The van der Waals surface area contributed by atoms with Gasteiger partial charge in [-0.3, -0.25) is 9.59 Å². The highest BCUT2D eigenvalue weighted by atomic mass is 35.5. The molecule has 1 saturated carbocycles. The Morgan fingerprint density at radius 1 is 1.45 bits per heavy atom. The van der Waals surface area contributed by atoms with Crippen molar-refractivity contribution in [2.75, 3.05) is 0 Å². The minimum atomic E-state index is -0.911. The summed E-state index contributed by atoms with van der Waals surface area (Å²) in [4.78, 5) is 23.6. The van der Waals surface area contributed by atoms with Gasteiger partial charge in [-0.25, -0.2) is 4.39 Å². The van der Waals surface area contributed by atoms with E-state index in [-0.39, 0.29) is 17.0 Å². The first-order chi connectivity index (χ1) is 10.3. The van der Waals surface area contributed by atoms with Gasteiger partial charge >= 0.3 is 5.97 Å². The Kier molecular flexibility index (Phi) is 5.06. The zero-order valence-electron chi connectivity index (χ0n) is 12.4. The molecule has 1 fully saturated rings. The normalized spacial score (nSPS) is 24.8. The predicted molar refractivity (Wildman–Crippen MR) is 81.3 cm³/mol. The molecule has 2 N–H and O–H groups in total. The largest absolute Gasteiger partial charge is 0.481 e. The average molecular weight is 328 g/mol. The van der Waals surface area contributed by atoms with Crippen LogP contribution < -0.4 is 5.32 Å². The van der Waals surface area contributed by atoms with Gasteiger partial charge in [0.15, 0.2) is 0 Å². The molecule has 1 aromatic carbocycles. The summed E-state index contributed by atoms with van der Waals surface area (Å²) in [6.45, 7) is 1.74. The summed E-state index contributed by atoms with van der Waals surface area (Å²) in [5.41, 5.74) is -0.674. The summed E-state index contributed by atoms with van der Waals surface area (Å²) in [6.07, 6.45) is 2.63. The number of carboxylic acid groups (broad SMARTS) is 1. The van der Waals surface area contributed by atoms with E-state index in [1.807, 2.05) is 0 Å². The van der Waals surface area contributed by atoms with Gasteiger partial charge < -0.3 is 10.4 Å². The second-order valence-corrected chi connectivity index (χ2v) is 6.39. The molecule has 0 spiro atoms. The molecule has 2 rings (SSSR count). The maximum Gasteiger partial charge on any atom is 0.308 e. The van der Waals surface area contributed by atoms with Gasteiger partial charge in [-0.05, 0) is 31.9 Å². The second kappa shape index (κ2) is 6.65. The van der Waals surface area contributed by atoms with Crippen LogP contribution >= 0.6 is 11.6 Å². The lowest BCUT2D eigenvalue weighted by molar-refractivity contribution is -0.146. The number of halogens is 2. The summed E-state index contributed by atoms with van der Waals surface area (Å²) in [5.74, 6) is -2.48. The van der Waals surface area contributed by atoms with Crippen molar-refractivity contribution in [1.29, 1.82) is 0 Å². The number of aliphatic carboxylic acids is 1. The number of benzene rings is 1. The molecule has 120 valence electrons. The first kappa shape index (κ1) is 16.7. The first-order valence-corrected chi connectivity index (χ1v) is 7.68. The van der Waals surface area contributed by atoms with E-state index in [9.17, 15) is 19.1 Å². The number of amides is 1. The highest BCUT2D eigenvalue weighted by molar-refractivity contribution is 6.31. The van der Waals surface area contributed by atoms with E-state index in [0.29, 0.717) is 12.8 Å². The van der Waals surface area contributed by atoms with Crippen LogP contribution in [0.25, 0.3) is 0 Å². The van der Waals surface area contributed by atoms with Gasteiger partial charge in [-0.2, -0.15) is 0 Å². The molecule has 0 saturated heterocycles. The monoisotopic (exact) mass is 327 g/mol. The zero-order chi connectivity index (χ0) is 16.3. The van der Waals surface area contributed by atoms with Crippen molar-refractivity contribution in [3.05, 3.63) is 34.6 Å². The third-order valence-corrected chi connectivity index (χ3v) is 4.68. The molecule has 0 aromatic heterocycles. The Hall–Kier alpha value is -1.62. The van der Waals surface area contributed by atoms with E-state index in [4.69, 9.17) is 11.6 Å². The van der Waals surface area contributed by atoms with E-state index in [1.165, 1.54) is 18.2 Å². The van der Waals surface area contributed by atoms with Gasteiger partial charge in [0.25, 0.3) is 0 Å². The summed E-state index contributed by atoms with van der Waals surface area (Å²) < 4.78 is 13.7. The number of hydrogen-bond acceptors (Lipinski definition) is 2. The molecular weight excluding hydrogens is 309 g/mol. The molecule has 6 heteroatoms. The molecule has 0 radical (unpaired) electrons. The molecule has 0 heterocycles. The van der Waals surface area contributed by atoms with Gasteiger partial charge in [0.05, 0.1) is 17.9 Å². The second-order valence-electron chi connectivity index (χ2n) is 5.98. The van der Waals surface area contributed by atoms with Crippen molar-refractivity contribution in [3.8, 4) is 0 Å². The zero-order valence-corrected chi connectivity index (χ0v) is 13.1. The van der Waals surface area contributed by atoms with E-state index in [1.54, 1.807) is 6.92 Å². The SMILES string of the molecule is CC1(NC(=O)Cc2c(F)cccc2Cl)CCCCC1C(=O)O. The van der Waals surface area contributed by atoms with Gasteiger partial charge in [0.2, 0.25) is 5.91 Å². The van der Waals surface area contributed by atoms with Gasteiger partial charge in [-0.1, -0.05) is 30.5 Å². The fourth-order valence-corrected chi connectivity index (χ4v) is 3.33. The van der Waals surface area contributed by atoms with Crippen LogP contribution in [-0.2, 0) is 16.0 Å². The number of nitrogens with one attached hydrogen (secondary N) is 1. The Balaban J connectivity index is 2.12. The fraction of sp³-hybridized carbons (Fsp3) is 0.500. The Morgan fingerprint density at radius 2 is 2.18 bits per heavy atom. The van der Waals surface area contributed by atoms with Crippen LogP contribution in [0.5, 0.6) is 0 Å². The van der Waals surface area contributed by atoms with E-state index < -0.39 is 29.2 Å². The van der Waals surface area contributed by atoms with Crippen LogP contribution in [0, 0.1) is 11.7 Å². The lowest BCUT2D eigenvalue weighted by Crippen LogP contribution is -2.55. The van der Waals surface area contributed by atoms with E-state index in [0.717, 1.165) is 12.8 Å². The van der Waals surface area contributed by atoms with Crippen LogP contribution in [0.2, 0.25) is 5.02 Å². The Labute approximate surface area is 133 Å². The molecule has 0 aliphatic heterocycles. The fourth-order valence-electron chi connectivity index (χ4n) is 3.10. The molecule has 1 aromatic rings. The van der Waals surface area contributed by atoms with Gasteiger partial charge in [0, 0.05) is 10.6 Å². The number of hydrogen-bond donors (Lipinski definition) is 2. The van der Waals surface area contributed by atoms with Crippen molar-refractivity contribution in [1.82, 2.24) is 5.32 Å². The molecule has 1 amide bonds. The van der Waals surface area contributed by atoms with Gasteiger partial charge in [0.1, 0.15) is 5.82 Å². The topological polar surface area (TPSA) is 66.4 Å². The van der Waals surface area contributed by atoms with Crippen LogP contribution in [0.4, 0.5) is 4.39 Å². The van der Waals surface area contributed by atoms with Crippen LogP contribution in [-0.4, -0.2) is 22.5 Å². The van der Waals surface area contributed by atoms with Crippen molar-refractivity contribution in [3.63, 3.8) is 0 Å². The third kappa shape index (κ3) is 3.58. The summed E-state index contributed by atoms with van der Waals surface area (Å²) in [5, 5.41) is 12.3. The number of rotatable bonds is 4. The van der Waals surface area contributed by atoms with Crippen LogP contribution in [0.15, 0.2) is 18.2 Å². The summed E-state index contributed by atoms with van der Waals surface area (Å²) >= 11 is 5.92. The Morgan fingerprint density at radius 3 is 2.82 bits per heavy atom. The van der Waals surface area contributed by atoms with Crippen LogP contribution in [0.1, 0.15) is 38.2 Å². The van der Waals surface area contributed by atoms with Crippen molar-refractivity contribution >= 4 is 23.5 Å². The molecule has 2 unspecified atom stereocenters. The molecule has 22 heavy (non-hydrogen) atoms. The first-order valence-electron chi connectivity index (χ1n) is 7.30. The smallest absolute Gasteiger partial charge is 0.308 e. The minimum Gasteiger partial charge on any atom is -0.481 e. The summed E-state index contributed by atoms with van der Waals surface area (Å²) in [7, 11) is 0. The van der Waals surface area contributed by atoms with Crippen molar-refractivity contribution in [2.24, 2.45) is 5.92 Å². The standard InChI is InChI=1S/C16H19ClFNO3/c1-16(8-3-2-5-11(16)15(21)22)19-14(20)9-10-12(17)6-4-7-13(10)18/h4,6-7,11H,2-3,5,8-9H2,1H3,(H,19,20)(H,21,22). The molecule has 0 bridgehead atoms.